The molecule has 0 unspecified atom stereocenters. The largest absolute Gasteiger partial charge is 0.351 e. The van der Waals surface area contributed by atoms with Gasteiger partial charge in [-0.1, -0.05) is 12.1 Å². The van der Waals surface area contributed by atoms with Gasteiger partial charge in [-0.3, -0.25) is 9.59 Å². The van der Waals surface area contributed by atoms with E-state index in [1.54, 1.807) is 53.4 Å². The highest BCUT2D eigenvalue weighted by Crippen LogP contribution is 2.21. The Morgan fingerprint density at radius 1 is 1.04 bits per heavy atom. The van der Waals surface area contributed by atoms with Crippen molar-refractivity contribution in [2.75, 3.05) is 16.8 Å². The van der Waals surface area contributed by atoms with E-state index < -0.39 is 6.03 Å². The molecular weight excluding hydrogens is 332 g/mol. The number of hydrogen-bond acceptors (Lipinski definition) is 3. The fourth-order valence-electron chi connectivity index (χ4n) is 2.85. The van der Waals surface area contributed by atoms with E-state index in [4.69, 9.17) is 5.73 Å². The molecule has 0 radical (unpaired) electrons. The zero-order valence-electron chi connectivity index (χ0n) is 14.2. The predicted octanol–water partition coefficient (Wildman–Crippen LogP) is 2.23. The van der Waals surface area contributed by atoms with E-state index in [1.807, 2.05) is 0 Å². The molecule has 1 heterocycles. The van der Waals surface area contributed by atoms with Crippen LogP contribution < -0.4 is 21.3 Å². The lowest BCUT2D eigenvalue weighted by Gasteiger charge is -2.15. The van der Waals surface area contributed by atoms with Crippen molar-refractivity contribution in [1.29, 1.82) is 0 Å². The second-order valence-electron chi connectivity index (χ2n) is 6.06. The number of nitrogens with one attached hydrogen (secondary N) is 2. The number of anilines is 2. The Hall–Kier alpha value is -3.35. The molecule has 0 spiro atoms. The van der Waals surface area contributed by atoms with Crippen molar-refractivity contribution in [1.82, 2.24) is 5.32 Å². The summed E-state index contributed by atoms with van der Waals surface area (Å²) in [4.78, 5) is 36.5. The lowest BCUT2D eigenvalue weighted by Crippen LogP contribution is -2.25. The zero-order chi connectivity index (χ0) is 18.5. The third-order valence-electron chi connectivity index (χ3n) is 4.19. The minimum atomic E-state index is -0.620. The van der Waals surface area contributed by atoms with Gasteiger partial charge in [-0.05, 0) is 48.4 Å². The highest BCUT2D eigenvalue weighted by Gasteiger charge is 2.21. The van der Waals surface area contributed by atoms with Gasteiger partial charge in [0.2, 0.25) is 5.91 Å². The van der Waals surface area contributed by atoms with Crippen molar-refractivity contribution in [2.45, 2.75) is 19.4 Å². The van der Waals surface area contributed by atoms with E-state index in [9.17, 15) is 14.4 Å². The van der Waals surface area contributed by atoms with Crippen LogP contribution in [-0.4, -0.2) is 24.4 Å². The molecule has 1 aliphatic rings. The Bertz CT molecular complexity index is 816. The van der Waals surface area contributed by atoms with E-state index in [2.05, 4.69) is 10.6 Å². The van der Waals surface area contributed by atoms with Gasteiger partial charge < -0.3 is 21.3 Å². The smallest absolute Gasteiger partial charge is 0.316 e. The standard InChI is InChI=1S/C19H20N4O3/c20-19(26)22-15-7-3-13(4-8-15)12-21-18(25)14-5-9-16(10-6-14)23-11-1-2-17(23)24/h3-10H,1-2,11-12H2,(H,21,25)(H3,20,22,26). The first-order valence-electron chi connectivity index (χ1n) is 8.37. The molecule has 0 bridgehead atoms. The molecule has 0 atom stereocenters. The van der Waals surface area contributed by atoms with Gasteiger partial charge in [-0.15, -0.1) is 0 Å². The number of nitrogens with two attached hydrogens (primary N) is 1. The Kier molecular flexibility index (Phi) is 5.17. The minimum Gasteiger partial charge on any atom is -0.351 e. The van der Waals surface area contributed by atoms with Gasteiger partial charge in [-0.25, -0.2) is 4.79 Å². The van der Waals surface area contributed by atoms with Crippen LogP contribution in [-0.2, 0) is 11.3 Å². The fraction of sp³-hybridized carbons (Fsp3) is 0.211. The van der Waals surface area contributed by atoms with Crippen LogP contribution >= 0.6 is 0 Å². The van der Waals surface area contributed by atoms with Gasteiger partial charge in [0, 0.05) is 36.4 Å². The average molecular weight is 352 g/mol. The van der Waals surface area contributed by atoms with Crippen molar-refractivity contribution < 1.29 is 14.4 Å². The summed E-state index contributed by atoms with van der Waals surface area (Å²) in [7, 11) is 0. The molecular formula is C19H20N4O3. The fourth-order valence-corrected chi connectivity index (χ4v) is 2.85. The predicted molar refractivity (Wildman–Crippen MR) is 98.8 cm³/mol. The van der Waals surface area contributed by atoms with E-state index in [1.165, 1.54) is 0 Å². The average Bonchev–Trinajstić information content (AvgIpc) is 3.06. The number of primary amides is 1. The van der Waals surface area contributed by atoms with Crippen molar-refractivity contribution in [2.24, 2.45) is 5.73 Å². The van der Waals surface area contributed by atoms with Crippen LogP contribution in [0.2, 0.25) is 0 Å². The van der Waals surface area contributed by atoms with E-state index in [0.717, 1.165) is 24.2 Å². The first-order chi connectivity index (χ1) is 12.5. The maximum Gasteiger partial charge on any atom is 0.316 e. The van der Waals surface area contributed by atoms with Crippen molar-refractivity contribution in [3.63, 3.8) is 0 Å². The van der Waals surface area contributed by atoms with E-state index >= 15 is 0 Å². The Morgan fingerprint density at radius 3 is 2.31 bits per heavy atom. The summed E-state index contributed by atoms with van der Waals surface area (Å²) >= 11 is 0. The third kappa shape index (κ3) is 4.18. The topological polar surface area (TPSA) is 105 Å². The van der Waals surface area contributed by atoms with E-state index in [0.29, 0.717) is 24.2 Å². The molecule has 4 N–H and O–H groups in total. The first kappa shape index (κ1) is 17.5. The molecule has 2 aromatic rings. The molecule has 134 valence electrons. The molecule has 1 aliphatic heterocycles. The summed E-state index contributed by atoms with van der Waals surface area (Å²) in [5.41, 5.74) is 7.90. The van der Waals surface area contributed by atoms with Crippen LogP contribution in [0.4, 0.5) is 16.2 Å². The SMILES string of the molecule is NC(=O)Nc1ccc(CNC(=O)c2ccc(N3CCCC3=O)cc2)cc1. The summed E-state index contributed by atoms with van der Waals surface area (Å²) in [5, 5.41) is 5.32. The van der Waals surface area contributed by atoms with Gasteiger partial charge in [0.25, 0.3) is 5.91 Å². The summed E-state index contributed by atoms with van der Waals surface area (Å²) in [6, 6.07) is 13.4. The molecule has 7 nitrogen and oxygen atoms in total. The summed E-state index contributed by atoms with van der Waals surface area (Å²) in [6.07, 6.45) is 1.45. The summed E-state index contributed by atoms with van der Waals surface area (Å²) in [5.74, 6) is -0.0693. The van der Waals surface area contributed by atoms with Crippen LogP contribution in [0.5, 0.6) is 0 Å². The normalized spacial score (nSPS) is 13.5. The maximum absolute atomic E-state index is 12.3. The lowest BCUT2D eigenvalue weighted by molar-refractivity contribution is -0.117. The number of carbonyl (C=O) groups excluding carboxylic acids is 3. The minimum absolute atomic E-state index is 0.122. The second-order valence-corrected chi connectivity index (χ2v) is 6.06. The van der Waals surface area contributed by atoms with Gasteiger partial charge in [0.15, 0.2) is 0 Å². The third-order valence-corrected chi connectivity index (χ3v) is 4.19. The summed E-state index contributed by atoms with van der Waals surface area (Å²) in [6.45, 7) is 1.09. The molecule has 1 saturated heterocycles. The summed E-state index contributed by atoms with van der Waals surface area (Å²) < 4.78 is 0. The highest BCUT2D eigenvalue weighted by molar-refractivity contribution is 5.97. The number of benzene rings is 2. The highest BCUT2D eigenvalue weighted by atomic mass is 16.2. The molecule has 0 aliphatic carbocycles. The Balaban J connectivity index is 1.56. The first-order valence-corrected chi connectivity index (χ1v) is 8.37. The van der Waals surface area contributed by atoms with E-state index in [-0.39, 0.29) is 11.8 Å². The second kappa shape index (κ2) is 7.69. The Labute approximate surface area is 151 Å². The van der Waals surface area contributed by atoms with Crippen LogP contribution in [0.15, 0.2) is 48.5 Å². The molecule has 3 rings (SSSR count). The van der Waals surface area contributed by atoms with Crippen molar-refractivity contribution in [3.05, 3.63) is 59.7 Å². The van der Waals surface area contributed by atoms with Crippen molar-refractivity contribution >= 4 is 29.2 Å². The lowest BCUT2D eigenvalue weighted by atomic mass is 10.1. The van der Waals surface area contributed by atoms with Gasteiger partial charge in [0.1, 0.15) is 0 Å². The van der Waals surface area contributed by atoms with Crippen LogP contribution in [0.25, 0.3) is 0 Å². The Morgan fingerprint density at radius 2 is 1.73 bits per heavy atom. The van der Waals surface area contributed by atoms with Crippen LogP contribution in [0, 0.1) is 0 Å². The zero-order valence-corrected chi connectivity index (χ0v) is 14.2. The molecule has 0 saturated carbocycles. The number of hydrogen-bond donors (Lipinski definition) is 3. The molecule has 7 heteroatoms. The molecule has 26 heavy (non-hydrogen) atoms. The number of rotatable bonds is 5. The number of nitrogens with zero attached hydrogens (tertiary/aromatic N) is 1. The molecule has 1 fully saturated rings. The van der Waals surface area contributed by atoms with Gasteiger partial charge in [-0.2, -0.15) is 0 Å². The maximum atomic E-state index is 12.3. The number of amides is 4. The molecule has 4 amide bonds. The monoisotopic (exact) mass is 352 g/mol. The van der Waals surface area contributed by atoms with Gasteiger partial charge >= 0.3 is 6.03 Å². The molecule has 2 aromatic carbocycles. The van der Waals surface area contributed by atoms with Crippen LogP contribution in [0.3, 0.4) is 0 Å². The van der Waals surface area contributed by atoms with Crippen LogP contribution in [0.1, 0.15) is 28.8 Å². The van der Waals surface area contributed by atoms with Gasteiger partial charge in [0.05, 0.1) is 0 Å². The molecule has 0 aromatic heterocycles. The number of urea groups is 1. The quantitative estimate of drug-likeness (QED) is 0.768. The van der Waals surface area contributed by atoms with Crippen molar-refractivity contribution in [3.8, 4) is 0 Å². The number of carbonyl (C=O) groups is 3.